The van der Waals surface area contributed by atoms with Crippen molar-refractivity contribution in [2.24, 2.45) is 0 Å². The Bertz CT molecular complexity index is 1290. The molecule has 162 valence electrons. The Balaban J connectivity index is 1.56. The van der Waals surface area contributed by atoms with E-state index in [1.54, 1.807) is 17.9 Å². The number of carbonyl (C=O) groups is 1. The van der Waals surface area contributed by atoms with Gasteiger partial charge in [0.25, 0.3) is 5.91 Å². The van der Waals surface area contributed by atoms with Crippen LogP contribution in [-0.4, -0.2) is 62.7 Å². The van der Waals surface area contributed by atoms with Crippen LogP contribution in [0.1, 0.15) is 40.6 Å². The highest BCUT2D eigenvalue weighted by Crippen LogP contribution is 2.40. The Morgan fingerprint density at radius 1 is 1.35 bits per heavy atom. The van der Waals surface area contributed by atoms with E-state index in [1.807, 2.05) is 19.2 Å². The van der Waals surface area contributed by atoms with E-state index in [9.17, 15) is 9.18 Å². The summed E-state index contributed by atoms with van der Waals surface area (Å²) in [5.74, 6) is 0.117. The average molecular weight is 441 g/mol. The van der Waals surface area contributed by atoms with Gasteiger partial charge in [0.15, 0.2) is 5.65 Å². The number of hydrogen-bond acceptors (Lipinski definition) is 5. The average Bonchev–Trinajstić information content (AvgIpc) is 3.48. The lowest BCUT2D eigenvalue weighted by molar-refractivity contribution is 0.0691. The summed E-state index contributed by atoms with van der Waals surface area (Å²) < 4.78 is 17.0. The van der Waals surface area contributed by atoms with E-state index in [0.717, 1.165) is 32.7 Å². The molecule has 1 fully saturated rings. The van der Waals surface area contributed by atoms with E-state index in [1.165, 1.54) is 21.8 Å². The van der Waals surface area contributed by atoms with Crippen molar-refractivity contribution >= 4 is 33.1 Å². The summed E-state index contributed by atoms with van der Waals surface area (Å²) in [6.45, 7) is 7.11. The number of hydrogen-bond donors (Lipinski definition) is 2. The Kier molecular flexibility index (Phi) is 4.82. The lowest BCUT2D eigenvalue weighted by Gasteiger charge is -2.24. The Morgan fingerprint density at radius 3 is 2.87 bits per heavy atom. The fourth-order valence-electron chi connectivity index (χ4n) is 4.45. The summed E-state index contributed by atoms with van der Waals surface area (Å²) in [5.41, 5.74) is 6.06. The maximum absolute atomic E-state index is 14.1. The van der Waals surface area contributed by atoms with Gasteiger partial charge in [0.05, 0.1) is 26.8 Å². The Hall–Kier alpha value is -2.78. The lowest BCUT2D eigenvalue weighted by atomic mass is 9.99. The number of H-pyrrole nitrogens is 1. The molecule has 0 radical (unpaired) electrons. The normalized spacial score (nSPS) is 19.2. The molecule has 0 saturated carbocycles. The number of rotatable bonds is 4. The summed E-state index contributed by atoms with van der Waals surface area (Å²) in [6.07, 6.45) is 2.50. The smallest absolute Gasteiger partial charge is 0.264 e. The number of aryl methyl sites for hydroxylation is 1. The monoisotopic (exact) mass is 440 g/mol. The van der Waals surface area contributed by atoms with Gasteiger partial charge in [-0.25, -0.2) is 13.9 Å². The minimum absolute atomic E-state index is 0.137. The molecule has 1 aliphatic rings. The molecule has 0 bridgehead atoms. The number of aromatic nitrogens is 4. The van der Waals surface area contributed by atoms with Crippen molar-refractivity contribution in [3.8, 4) is 11.3 Å². The van der Waals surface area contributed by atoms with Gasteiger partial charge in [0.1, 0.15) is 12.5 Å². The molecular formula is C22H25FN6OS. The molecular weight excluding hydrogens is 415 g/mol. The van der Waals surface area contributed by atoms with Crippen LogP contribution in [0.25, 0.3) is 27.1 Å². The molecule has 9 heteroatoms. The number of alkyl halides is 1. The standard InChI is InChI=1S/C22H25FN6OS/c1-11(2)18-19(13-5-12(3)21-25-10-26-29(21)9-13)27-15-6-17(31-20(15)18)22(30)28(4)16-8-24-7-14(16)23/h5-6,9-11,14,16,24,27H,7-8H2,1-4H3/t14-,16?/m0/s1. The third-order valence-corrected chi connectivity index (χ3v) is 7.23. The highest BCUT2D eigenvalue weighted by molar-refractivity contribution is 7.21. The zero-order valence-electron chi connectivity index (χ0n) is 17.9. The molecule has 2 N–H and O–H groups in total. The van der Waals surface area contributed by atoms with Gasteiger partial charge in [-0.05, 0) is 36.1 Å². The third-order valence-electron chi connectivity index (χ3n) is 6.07. The van der Waals surface area contributed by atoms with Gasteiger partial charge in [-0.3, -0.25) is 4.79 Å². The van der Waals surface area contributed by atoms with Gasteiger partial charge < -0.3 is 15.2 Å². The second-order valence-corrected chi connectivity index (χ2v) is 9.57. The van der Waals surface area contributed by atoms with E-state index >= 15 is 0 Å². The zero-order chi connectivity index (χ0) is 21.9. The summed E-state index contributed by atoms with van der Waals surface area (Å²) in [6, 6.07) is 3.58. The highest BCUT2D eigenvalue weighted by atomic mass is 32.1. The van der Waals surface area contributed by atoms with Crippen molar-refractivity contribution in [3.05, 3.63) is 40.7 Å². The molecule has 5 heterocycles. The van der Waals surface area contributed by atoms with Gasteiger partial charge in [-0.15, -0.1) is 11.3 Å². The van der Waals surface area contributed by atoms with Crippen molar-refractivity contribution in [3.63, 3.8) is 0 Å². The number of fused-ring (bicyclic) bond motifs is 2. The number of amides is 1. The molecule has 7 nitrogen and oxygen atoms in total. The highest BCUT2D eigenvalue weighted by Gasteiger charge is 2.34. The first-order valence-electron chi connectivity index (χ1n) is 10.4. The summed E-state index contributed by atoms with van der Waals surface area (Å²) in [5, 5.41) is 7.30. The predicted molar refractivity (Wildman–Crippen MR) is 121 cm³/mol. The minimum Gasteiger partial charge on any atom is -0.354 e. The van der Waals surface area contributed by atoms with E-state index in [-0.39, 0.29) is 11.8 Å². The molecule has 2 atom stereocenters. The minimum atomic E-state index is -1.04. The topological polar surface area (TPSA) is 78.3 Å². The van der Waals surface area contributed by atoms with Crippen LogP contribution in [0.5, 0.6) is 0 Å². The number of thiophene rings is 1. The van der Waals surface area contributed by atoms with Crippen LogP contribution in [-0.2, 0) is 0 Å². The number of likely N-dealkylation sites (N-methyl/N-ethyl adjacent to an activating group) is 1. The molecule has 1 unspecified atom stereocenters. The van der Waals surface area contributed by atoms with Gasteiger partial charge in [0, 0.05) is 31.9 Å². The van der Waals surface area contributed by atoms with Crippen molar-refractivity contribution in [2.45, 2.75) is 38.9 Å². The maximum atomic E-state index is 14.1. The van der Waals surface area contributed by atoms with Crippen molar-refractivity contribution in [2.75, 3.05) is 20.1 Å². The SMILES string of the molecule is Cc1cc(-c2[nH]c3cc(C(=O)N(C)C4CNC[C@@H]4F)sc3c2C(C)C)cn2ncnc12. The third kappa shape index (κ3) is 3.23. The maximum Gasteiger partial charge on any atom is 0.264 e. The largest absolute Gasteiger partial charge is 0.354 e. The van der Waals surface area contributed by atoms with Crippen LogP contribution in [0.4, 0.5) is 4.39 Å². The Labute approximate surface area is 183 Å². The molecule has 4 aromatic rings. The van der Waals surface area contributed by atoms with Gasteiger partial charge >= 0.3 is 0 Å². The van der Waals surface area contributed by atoms with E-state index in [0.29, 0.717) is 18.0 Å². The quantitative estimate of drug-likeness (QED) is 0.507. The molecule has 1 amide bonds. The second kappa shape index (κ2) is 7.42. The number of nitrogens with one attached hydrogen (secondary N) is 2. The van der Waals surface area contributed by atoms with Gasteiger partial charge in [-0.2, -0.15) is 5.10 Å². The molecule has 0 aliphatic carbocycles. The number of nitrogens with zero attached hydrogens (tertiary/aromatic N) is 4. The molecule has 1 aliphatic heterocycles. The molecule has 5 rings (SSSR count). The van der Waals surface area contributed by atoms with Crippen LogP contribution in [0.2, 0.25) is 0 Å². The fraction of sp³-hybridized carbons (Fsp3) is 0.409. The lowest BCUT2D eigenvalue weighted by Crippen LogP contribution is -2.42. The summed E-state index contributed by atoms with van der Waals surface area (Å²) >= 11 is 1.47. The van der Waals surface area contributed by atoms with E-state index < -0.39 is 12.2 Å². The van der Waals surface area contributed by atoms with Crippen molar-refractivity contribution in [1.29, 1.82) is 0 Å². The second-order valence-electron chi connectivity index (χ2n) is 8.52. The first-order chi connectivity index (χ1) is 14.8. The van der Waals surface area contributed by atoms with E-state index in [4.69, 9.17) is 0 Å². The van der Waals surface area contributed by atoms with Gasteiger partial charge in [-0.1, -0.05) is 13.8 Å². The van der Waals surface area contributed by atoms with Gasteiger partial charge in [0.2, 0.25) is 0 Å². The predicted octanol–water partition coefficient (Wildman–Crippen LogP) is 3.75. The molecule has 0 aromatic carbocycles. The van der Waals surface area contributed by atoms with Crippen LogP contribution in [0.3, 0.4) is 0 Å². The first-order valence-corrected chi connectivity index (χ1v) is 11.2. The van der Waals surface area contributed by atoms with Crippen LogP contribution >= 0.6 is 11.3 Å². The molecule has 31 heavy (non-hydrogen) atoms. The molecule has 1 saturated heterocycles. The molecule has 4 aromatic heterocycles. The van der Waals surface area contributed by atoms with Crippen molar-refractivity contribution in [1.82, 2.24) is 29.8 Å². The fourth-order valence-corrected chi connectivity index (χ4v) is 5.75. The van der Waals surface area contributed by atoms with Crippen LogP contribution in [0.15, 0.2) is 24.7 Å². The first kappa shape index (κ1) is 20.1. The summed E-state index contributed by atoms with van der Waals surface area (Å²) in [7, 11) is 1.69. The molecule has 0 spiro atoms. The van der Waals surface area contributed by atoms with Crippen LogP contribution < -0.4 is 5.32 Å². The number of carbonyl (C=O) groups excluding carboxylic acids is 1. The number of pyridine rings is 1. The zero-order valence-corrected chi connectivity index (χ0v) is 18.8. The van der Waals surface area contributed by atoms with Crippen LogP contribution in [0, 0.1) is 6.92 Å². The summed E-state index contributed by atoms with van der Waals surface area (Å²) in [4.78, 5) is 23.0. The number of halogens is 1. The van der Waals surface area contributed by atoms with Crippen molar-refractivity contribution < 1.29 is 9.18 Å². The van der Waals surface area contributed by atoms with E-state index in [2.05, 4.69) is 40.3 Å². The Morgan fingerprint density at radius 2 is 2.16 bits per heavy atom. The number of aromatic amines is 1.